The second-order valence-electron chi connectivity index (χ2n) is 9.71. The number of carbonyl (C=O) groups is 1. The molecule has 0 aliphatic carbocycles. The van der Waals surface area contributed by atoms with Crippen LogP contribution >= 0.6 is 0 Å². The maximum atomic E-state index is 13.3. The number of aliphatic hydroxyl groups is 1. The van der Waals surface area contributed by atoms with Crippen LogP contribution in [0.5, 0.6) is 5.75 Å². The summed E-state index contributed by atoms with van der Waals surface area (Å²) in [5, 5.41) is 15.2. The van der Waals surface area contributed by atoms with Gasteiger partial charge in [0.15, 0.2) is 5.78 Å². The van der Waals surface area contributed by atoms with Gasteiger partial charge in [0.2, 0.25) is 6.36 Å². The molecule has 1 N–H and O–H groups in total. The molecule has 1 aromatic carbocycles. The van der Waals surface area contributed by atoms with Gasteiger partial charge in [-0.3, -0.25) is 14.5 Å². The fourth-order valence-corrected chi connectivity index (χ4v) is 3.38. The monoisotopic (exact) mass is 441 g/mol. The number of ketones is 1. The largest absolute Gasteiger partial charge is 0.461 e. The van der Waals surface area contributed by atoms with Crippen molar-refractivity contribution in [1.82, 2.24) is 14.8 Å². The first-order valence-electron chi connectivity index (χ1n) is 10.8. The minimum atomic E-state index is -1.42. The van der Waals surface area contributed by atoms with Gasteiger partial charge in [-0.05, 0) is 45.9 Å². The van der Waals surface area contributed by atoms with Gasteiger partial charge in [-0.2, -0.15) is 5.10 Å². The number of benzene rings is 1. The Balaban J connectivity index is 2.06. The van der Waals surface area contributed by atoms with E-state index in [1.165, 1.54) is 6.92 Å². The summed E-state index contributed by atoms with van der Waals surface area (Å²) in [5.41, 5.74) is 1.66. The summed E-state index contributed by atoms with van der Waals surface area (Å²) in [7, 11) is 0. The van der Waals surface area contributed by atoms with Crippen molar-refractivity contribution in [3.8, 4) is 17.0 Å². The number of nitrogens with zero attached hydrogens (tertiary/aromatic N) is 3. The van der Waals surface area contributed by atoms with Crippen molar-refractivity contribution in [3.05, 3.63) is 42.1 Å². The number of fused-ring (bicyclic) bond motifs is 1. The molecule has 3 rings (SSSR count). The van der Waals surface area contributed by atoms with Crippen LogP contribution in [0.15, 0.2) is 36.5 Å². The highest BCUT2D eigenvalue weighted by Gasteiger charge is 2.37. The number of rotatable bonds is 8. The summed E-state index contributed by atoms with van der Waals surface area (Å²) in [6.45, 7) is 12.5. The first-order chi connectivity index (χ1) is 14.8. The number of carbonyl (C=O) groups excluding carboxylic acids is 1. The minimum absolute atomic E-state index is 0.0384. The standard InChI is InChI=1S/C25H32FN3O3/c1-15(2)29-20-12-18(21(30)13-24(4,5)25(6,7)31)14-27-23(20)22(28-29)17-9-8-10-19(11-17)32-16(3)26/h8-12,14-16,31H,13H2,1-7H3. The maximum absolute atomic E-state index is 13.3. The summed E-state index contributed by atoms with van der Waals surface area (Å²) in [4.78, 5) is 17.6. The molecular formula is C25H32FN3O3. The SMILES string of the molecule is CC(F)Oc1cccc(-c2nn(C(C)C)c3cc(C(=O)CC(C)(C)C(C)(C)O)cnc23)c1. The Morgan fingerprint density at radius 3 is 2.47 bits per heavy atom. The average molecular weight is 442 g/mol. The number of halogens is 1. The van der Waals surface area contributed by atoms with E-state index in [4.69, 9.17) is 9.84 Å². The molecule has 0 aliphatic rings. The highest BCUT2D eigenvalue weighted by atomic mass is 19.1. The van der Waals surface area contributed by atoms with E-state index >= 15 is 0 Å². The molecular weight excluding hydrogens is 409 g/mol. The molecule has 6 nitrogen and oxygen atoms in total. The first kappa shape index (κ1) is 23.9. The molecule has 2 heterocycles. The fraction of sp³-hybridized carbons (Fsp3) is 0.480. The number of pyridine rings is 1. The quantitative estimate of drug-likeness (QED) is 0.451. The van der Waals surface area contributed by atoms with E-state index in [1.54, 1.807) is 38.2 Å². The lowest BCUT2D eigenvalue weighted by Crippen LogP contribution is -2.40. The molecule has 1 atom stereocenters. The summed E-state index contributed by atoms with van der Waals surface area (Å²) >= 11 is 0. The molecule has 7 heteroatoms. The maximum Gasteiger partial charge on any atom is 0.235 e. The molecule has 0 saturated heterocycles. The van der Waals surface area contributed by atoms with Gasteiger partial charge in [0.1, 0.15) is 17.0 Å². The van der Waals surface area contributed by atoms with Crippen LogP contribution in [0.2, 0.25) is 0 Å². The van der Waals surface area contributed by atoms with Crippen LogP contribution in [0.1, 0.15) is 71.3 Å². The first-order valence-corrected chi connectivity index (χ1v) is 10.8. The molecule has 172 valence electrons. The number of alkyl halides is 1. The van der Waals surface area contributed by atoms with Crippen molar-refractivity contribution in [2.24, 2.45) is 5.41 Å². The predicted octanol–water partition coefficient (Wildman–Crippen LogP) is 5.74. The van der Waals surface area contributed by atoms with Crippen LogP contribution < -0.4 is 4.74 Å². The second kappa shape index (κ2) is 8.62. The van der Waals surface area contributed by atoms with Crippen LogP contribution in [-0.4, -0.2) is 37.6 Å². The van der Waals surface area contributed by atoms with Crippen molar-refractivity contribution in [1.29, 1.82) is 0 Å². The molecule has 0 spiro atoms. The van der Waals surface area contributed by atoms with Crippen LogP contribution in [0, 0.1) is 5.41 Å². The van der Waals surface area contributed by atoms with Crippen LogP contribution in [0.25, 0.3) is 22.3 Å². The minimum Gasteiger partial charge on any atom is -0.461 e. The van der Waals surface area contributed by atoms with Gasteiger partial charge in [0, 0.05) is 42.1 Å². The van der Waals surface area contributed by atoms with Gasteiger partial charge in [-0.1, -0.05) is 26.0 Å². The third-order valence-electron chi connectivity index (χ3n) is 6.02. The summed E-state index contributed by atoms with van der Waals surface area (Å²) in [5.74, 6) is 0.322. The number of ether oxygens (including phenoxy) is 1. The molecule has 0 aliphatic heterocycles. The van der Waals surface area contributed by atoms with Gasteiger partial charge >= 0.3 is 0 Å². The number of Topliss-reactive ketones (excluding diaryl/α,β-unsaturated/α-hetero) is 1. The Bertz CT molecular complexity index is 1130. The summed E-state index contributed by atoms with van der Waals surface area (Å²) in [6, 6.07) is 8.92. The molecule has 0 radical (unpaired) electrons. The van der Waals surface area contributed by atoms with E-state index in [9.17, 15) is 14.3 Å². The van der Waals surface area contributed by atoms with Gasteiger partial charge < -0.3 is 9.84 Å². The second-order valence-corrected chi connectivity index (χ2v) is 9.71. The van der Waals surface area contributed by atoms with Crippen molar-refractivity contribution in [3.63, 3.8) is 0 Å². The van der Waals surface area contributed by atoms with Crippen molar-refractivity contribution in [2.75, 3.05) is 0 Å². The number of hydrogen-bond acceptors (Lipinski definition) is 5. The van der Waals surface area contributed by atoms with Crippen molar-refractivity contribution < 1.29 is 19.0 Å². The van der Waals surface area contributed by atoms with Crippen molar-refractivity contribution in [2.45, 2.75) is 72.9 Å². The van der Waals surface area contributed by atoms with Crippen LogP contribution in [0.4, 0.5) is 4.39 Å². The molecule has 0 bridgehead atoms. The molecule has 0 saturated carbocycles. The van der Waals surface area contributed by atoms with Gasteiger partial charge in [0.25, 0.3) is 0 Å². The Hall–Kier alpha value is -2.80. The Morgan fingerprint density at radius 1 is 1.19 bits per heavy atom. The van der Waals surface area contributed by atoms with Crippen LogP contribution in [-0.2, 0) is 0 Å². The Kier molecular flexibility index (Phi) is 6.43. The Labute approximate surface area is 188 Å². The highest BCUT2D eigenvalue weighted by Crippen LogP contribution is 2.36. The summed E-state index contributed by atoms with van der Waals surface area (Å²) < 4.78 is 20.3. The third kappa shape index (κ3) is 4.83. The molecule has 2 aromatic heterocycles. The highest BCUT2D eigenvalue weighted by molar-refractivity contribution is 6.00. The zero-order valence-corrected chi connectivity index (χ0v) is 19.8. The number of aromatic nitrogens is 3. The van der Waals surface area contributed by atoms with E-state index in [0.717, 1.165) is 11.1 Å². The lowest BCUT2D eigenvalue weighted by Gasteiger charge is -2.36. The molecule has 0 fully saturated rings. The number of hydrogen-bond donors (Lipinski definition) is 1. The lowest BCUT2D eigenvalue weighted by atomic mass is 9.73. The smallest absolute Gasteiger partial charge is 0.235 e. The van der Waals surface area contributed by atoms with E-state index in [2.05, 4.69) is 4.98 Å². The van der Waals surface area contributed by atoms with Gasteiger partial charge in [-0.15, -0.1) is 0 Å². The molecule has 3 aromatic rings. The molecule has 1 unspecified atom stereocenters. The molecule has 0 amide bonds. The fourth-order valence-electron chi connectivity index (χ4n) is 3.38. The normalized spacial score (nSPS) is 13.6. The zero-order chi connectivity index (χ0) is 23.8. The predicted molar refractivity (Wildman–Crippen MR) is 124 cm³/mol. The lowest BCUT2D eigenvalue weighted by molar-refractivity contribution is -0.0355. The van der Waals surface area contributed by atoms with Crippen LogP contribution in [0.3, 0.4) is 0 Å². The molecule has 32 heavy (non-hydrogen) atoms. The zero-order valence-electron chi connectivity index (χ0n) is 19.8. The average Bonchev–Trinajstić information content (AvgIpc) is 3.05. The van der Waals surface area contributed by atoms with E-state index in [1.807, 2.05) is 44.5 Å². The topological polar surface area (TPSA) is 77.2 Å². The Morgan fingerprint density at radius 2 is 1.88 bits per heavy atom. The third-order valence-corrected chi connectivity index (χ3v) is 6.02. The van der Waals surface area contributed by atoms with E-state index < -0.39 is 17.4 Å². The van der Waals surface area contributed by atoms with Crippen molar-refractivity contribution >= 4 is 16.8 Å². The van der Waals surface area contributed by atoms with E-state index in [-0.39, 0.29) is 18.2 Å². The van der Waals surface area contributed by atoms with E-state index in [0.29, 0.717) is 22.5 Å². The van der Waals surface area contributed by atoms with Gasteiger partial charge in [0.05, 0.1) is 11.1 Å². The summed E-state index contributed by atoms with van der Waals surface area (Å²) in [6.07, 6.45) is 0.327. The van der Waals surface area contributed by atoms with Gasteiger partial charge in [-0.25, -0.2) is 4.39 Å².